The van der Waals surface area contributed by atoms with Gasteiger partial charge in [0.25, 0.3) is 5.91 Å². The molecule has 0 unspecified atom stereocenters. The predicted octanol–water partition coefficient (Wildman–Crippen LogP) is 3.00. The second kappa shape index (κ2) is 12.2. The summed E-state index contributed by atoms with van der Waals surface area (Å²) in [6, 6.07) is 7.88. The van der Waals surface area contributed by atoms with Gasteiger partial charge in [-0.2, -0.15) is 4.39 Å². The maximum absolute atomic E-state index is 14.9. The molecule has 0 spiro atoms. The van der Waals surface area contributed by atoms with Gasteiger partial charge in [-0.3, -0.25) is 14.0 Å². The van der Waals surface area contributed by atoms with Gasteiger partial charge in [0, 0.05) is 61.9 Å². The smallest absolute Gasteiger partial charge is 0.254 e. The van der Waals surface area contributed by atoms with Crippen molar-refractivity contribution in [3.8, 4) is 17.0 Å². The van der Waals surface area contributed by atoms with Gasteiger partial charge >= 0.3 is 0 Å². The number of aliphatic hydroxyl groups excluding tert-OH is 1. The van der Waals surface area contributed by atoms with Crippen LogP contribution in [-0.2, 0) is 11.2 Å². The predicted molar refractivity (Wildman–Crippen MR) is 159 cm³/mol. The highest BCUT2D eigenvalue weighted by Gasteiger charge is 2.33. The minimum atomic E-state index is -1.08. The molecular weight excluding hydrogens is 572 g/mol. The van der Waals surface area contributed by atoms with E-state index in [-0.39, 0.29) is 29.2 Å². The number of anilines is 2. The molecule has 2 aromatic carbocycles. The van der Waals surface area contributed by atoms with Crippen molar-refractivity contribution in [2.24, 2.45) is 0 Å². The van der Waals surface area contributed by atoms with Crippen LogP contribution in [0.2, 0.25) is 0 Å². The molecule has 0 radical (unpaired) electrons. The number of β-amino-alcohol motifs (C(OH)–C–C–N with tert-alkyl or cyclic N) is 1. The maximum atomic E-state index is 14.9. The number of carbonyl (C=O) groups excluding carboxylic acids is 2. The first kappa shape index (κ1) is 29.5. The molecule has 2 amide bonds. The van der Waals surface area contributed by atoms with Gasteiger partial charge in [0.15, 0.2) is 23.0 Å². The molecule has 6 rings (SSSR count). The Bertz CT molecular complexity index is 1720. The molecule has 2 fully saturated rings. The van der Waals surface area contributed by atoms with E-state index in [1.807, 2.05) is 13.0 Å². The Balaban J connectivity index is 1.17. The topological polar surface area (TPSA) is 124 Å². The standard InChI is InChI=1S/C31H33F2N7O4/c1-3-18-14-19(4-5-21(18)30(42)38-10-12-39(13-11-38)31(43)23-15-20(41)16-35-23)37-28-29-36-17-24(40(29)9-8-34-28)22-6-7-25(44-2)27(33)26(22)32/h4-9,14,17,20,23,35,41H,3,10-13,15-16H2,1-2H3,(H,34,37)/t20-,23+/m1/s1. The number of halogens is 2. The molecule has 4 aromatic rings. The van der Waals surface area contributed by atoms with E-state index in [0.29, 0.717) is 74.0 Å². The van der Waals surface area contributed by atoms with Crippen molar-refractivity contribution in [1.29, 1.82) is 0 Å². The summed E-state index contributed by atoms with van der Waals surface area (Å²) in [7, 11) is 1.27. The number of methoxy groups -OCH3 is 1. The monoisotopic (exact) mass is 605 g/mol. The third-order valence-electron chi connectivity index (χ3n) is 8.23. The summed E-state index contributed by atoms with van der Waals surface area (Å²) in [6.07, 6.45) is 5.11. The SMILES string of the molecule is CCc1cc(Nc2nccn3c(-c4ccc(OC)c(F)c4F)cnc23)ccc1C(=O)N1CCN(C(=O)[C@@H]2C[C@@H](O)CN2)CC1. The van der Waals surface area contributed by atoms with Crippen LogP contribution in [0.4, 0.5) is 20.3 Å². The molecule has 11 nitrogen and oxygen atoms in total. The van der Waals surface area contributed by atoms with E-state index in [0.717, 1.165) is 5.56 Å². The van der Waals surface area contributed by atoms with Crippen LogP contribution in [0.5, 0.6) is 5.75 Å². The van der Waals surface area contributed by atoms with Crippen molar-refractivity contribution in [3.63, 3.8) is 0 Å². The average molecular weight is 606 g/mol. The molecule has 0 saturated carbocycles. The first-order valence-electron chi connectivity index (χ1n) is 14.5. The lowest BCUT2D eigenvalue weighted by atomic mass is 10.0. The summed E-state index contributed by atoms with van der Waals surface area (Å²) in [4.78, 5) is 38.6. The van der Waals surface area contributed by atoms with E-state index in [2.05, 4.69) is 20.6 Å². The minimum absolute atomic E-state index is 0.0308. The van der Waals surface area contributed by atoms with Gasteiger partial charge in [0.2, 0.25) is 11.7 Å². The van der Waals surface area contributed by atoms with Crippen molar-refractivity contribution in [2.75, 3.05) is 45.2 Å². The zero-order valence-electron chi connectivity index (χ0n) is 24.4. The van der Waals surface area contributed by atoms with Crippen LogP contribution in [-0.4, -0.2) is 93.1 Å². The van der Waals surface area contributed by atoms with E-state index >= 15 is 0 Å². The van der Waals surface area contributed by atoms with E-state index < -0.39 is 17.7 Å². The number of hydrogen-bond acceptors (Lipinski definition) is 8. The second-order valence-corrected chi connectivity index (χ2v) is 10.9. The minimum Gasteiger partial charge on any atom is -0.494 e. The summed E-state index contributed by atoms with van der Waals surface area (Å²) in [5, 5.41) is 16.0. The number of ether oxygens (including phenoxy) is 1. The summed E-state index contributed by atoms with van der Waals surface area (Å²) in [6.45, 7) is 4.12. The molecule has 230 valence electrons. The highest BCUT2D eigenvalue weighted by atomic mass is 19.2. The Morgan fingerprint density at radius 3 is 2.57 bits per heavy atom. The lowest BCUT2D eigenvalue weighted by molar-refractivity contribution is -0.134. The number of nitrogens with one attached hydrogen (secondary N) is 2. The number of amides is 2. The summed E-state index contributed by atoms with van der Waals surface area (Å²) < 4.78 is 35.8. The van der Waals surface area contributed by atoms with Crippen molar-refractivity contribution in [1.82, 2.24) is 29.5 Å². The Morgan fingerprint density at radius 1 is 1.09 bits per heavy atom. The molecule has 2 aromatic heterocycles. The Labute approximate surface area is 252 Å². The highest BCUT2D eigenvalue weighted by molar-refractivity contribution is 5.96. The normalized spacial score (nSPS) is 18.6. The first-order valence-corrected chi connectivity index (χ1v) is 14.5. The molecule has 2 aliphatic heterocycles. The van der Waals surface area contributed by atoms with Gasteiger partial charge in [-0.25, -0.2) is 14.4 Å². The molecule has 2 saturated heterocycles. The van der Waals surface area contributed by atoms with Crippen molar-refractivity contribution >= 4 is 29.0 Å². The summed E-state index contributed by atoms with van der Waals surface area (Å²) >= 11 is 0. The third kappa shape index (κ3) is 5.44. The summed E-state index contributed by atoms with van der Waals surface area (Å²) in [5.41, 5.74) is 2.90. The van der Waals surface area contributed by atoms with Crippen LogP contribution in [0.15, 0.2) is 48.9 Å². The number of piperazine rings is 1. The molecule has 0 bridgehead atoms. The highest BCUT2D eigenvalue weighted by Crippen LogP contribution is 2.32. The fraction of sp³-hybridized carbons (Fsp3) is 0.355. The summed E-state index contributed by atoms with van der Waals surface area (Å²) in [5.74, 6) is -2.03. The van der Waals surface area contributed by atoms with Crippen molar-refractivity contribution in [3.05, 3.63) is 71.7 Å². The van der Waals surface area contributed by atoms with Gasteiger partial charge in [0.05, 0.1) is 31.1 Å². The molecule has 2 aliphatic rings. The van der Waals surface area contributed by atoms with Crippen LogP contribution in [0, 0.1) is 11.6 Å². The molecular formula is C31H33F2N7O4. The number of benzene rings is 2. The van der Waals surface area contributed by atoms with Gasteiger partial charge in [-0.1, -0.05) is 6.92 Å². The van der Waals surface area contributed by atoms with Crippen LogP contribution in [0.1, 0.15) is 29.3 Å². The van der Waals surface area contributed by atoms with E-state index in [4.69, 9.17) is 4.74 Å². The first-order chi connectivity index (χ1) is 21.3. The molecule has 13 heteroatoms. The number of carbonyl (C=O) groups is 2. The Kier molecular flexibility index (Phi) is 8.15. The van der Waals surface area contributed by atoms with E-state index in [1.54, 1.807) is 32.5 Å². The number of aliphatic hydroxyl groups is 1. The van der Waals surface area contributed by atoms with Crippen LogP contribution in [0.3, 0.4) is 0 Å². The molecule has 0 aliphatic carbocycles. The van der Waals surface area contributed by atoms with Crippen LogP contribution >= 0.6 is 0 Å². The van der Waals surface area contributed by atoms with E-state index in [9.17, 15) is 23.5 Å². The number of imidazole rings is 1. The Hall–Kier alpha value is -4.62. The molecule has 44 heavy (non-hydrogen) atoms. The lowest BCUT2D eigenvalue weighted by Gasteiger charge is -2.36. The van der Waals surface area contributed by atoms with E-state index in [1.165, 1.54) is 31.6 Å². The molecule has 4 heterocycles. The zero-order valence-corrected chi connectivity index (χ0v) is 24.4. The quantitative estimate of drug-likeness (QED) is 0.294. The molecule has 3 N–H and O–H groups in total. The number of nitrogens with zero attached hydrogens (tertiary/aromatic N) is 5. The van der Waals surface area contributed by atoms with Crippen molar-refractivity contribution in [2.45, 2.75) is 31.9 Å². The number of rotatable bonds is 7. The van der Waals surface area contributed by atoms with Gasteiger partial charge in [0.1, 0.15) is 0 Å². The average Bonchev–Trinajstić information content (AvgIpc) is 3.68. The van der Waals surface area contributed by atoms with Gasteiger partial charge < -0.3 is 30.3 Å². The maximum Gasteiger partial charge on any atom is 0.254 e. The third-order valence-corrected chi connectivity index (χ3v) is 8.23. The van der Waals surface area contributed by atoms with Crippen LogP contribution in [0.25, 0.3) is 16.9 Å². The number of hydrogen-bond donors (Lipinski definition) is 3. The van der Waals surface area contributed by atoms with Crippen LogP contribution < -0.4 is 15.4 Å². The second-order valence-electron chi connectivity index (χ2n) is 10.9. The largest absolute Gasteiger partial charge is 0.494 e. The van der Waals surface area contributed by atoms with Gasteiger partial charge in [-0.05, 0) is 48.7 Å². The van der Waals surface area contributed by atoms with Gasteiger partial charge in [-0.15, -0.1) is 0 Å². The number of fused-ring (bicyclic) bond motifs is 1. The molecule has 2 atom stereocenters. The van der Waals surface area contributed by atoms with Crippen molar-refractivity contribution < 1.29 is 28.2 Å². The fourth-order valence-electron chi connectivity index (χ4n) is 5.83. The number of aryl methyl sites for hydroxylation is 1. The Morgan fingerprint density at radius 2 is 1.86 bits per heavy atom. The lowest BCUT2D eigenvalue weighted by Crippen LogP contribution is -2.54. The fourth-order valence-corrected chi connectivity index (χ4v) is 5.83. The number of aromatic nitrogens is 3. The zero-order chi connectivity index (χ0) is 31.0.